The van der Waals surface area contributed by atoms with Crippen LogP contribution in [0.4, 0.5) is 0 Å². The van der Waals surface area contributed by atoms with Gasteiger partial charge in [-0.1, -0.05) is 6.92 Å². The van der Waals surface area contributed by atoms with Gasteiger partial charge in [0, 0.05) is 38.1 Å². The molecule has 0 spiro atoms. The minimum atomic E-state index is -0.777. The number of carbonyl (C=O) groups excluding carboxylic acids is 6. The van der Waals surface area contributed by atoms with Gasteiger partial charge in [0.15, 0.2) is 0 Å². The Balaban J connectivity index is 1.97. The number of imide groups is 2. The van der Waals surface area contributed by atoms with E-state index < -0.39 is 23.7 Å². The molecule has 0 radical (unpaired) electrons. The monoisotopic (exact) mass is 427 g/mol. The van der Waals surface area contributed by atoms with Crippen molar-refractivity contribution < 1.29 is 43.1 Å². The van der Waals surface area contributed by atoms with Crippen molar-refractivity contribution in [3.63, 3.8) is 0 Å². The van der Waals surface area contributed by atoms with E-state index in [0.717, 1.165) is 17.1 Å². The molecule has 0 aliphatic carbocycles. The van der Waals surface area contributed by atoms with Gasteiger partial charge >= 0.3 is 5.97 Å². The van der Waals surface area contributed by atoms with E-state index in [9.17, 15) is 28.8 Å². The molecule has 1 heterocycles. The van der Waals surface area contributed by atoms with E-state index in [0.29, 0.717) is 5.06 Å². The van der Waals surface area contributed by atoms with E-state index in [1.165, 1.54) is 6.92 Å². The predicted octanol–water partition coefficient (Wildman–Crippen LogP) is -1.31. The summed E-state index contributed by atoms with van der Waals surface area (Å²) >= 11 is 0. The average molecular weight is 427 g/mol. The van der Waals surface area contributed by atoms with Gasteiger partial charge in [0.25, 0.3) is 24.1 Å². The summed E-state index contributed by atoms with van der Waals surface area (Å²) in [5.41, 5.74) is 0. The second-order valence-electron chi connectivity index (χ2n) is 5.88. The fraction of sp³-hybridized carbons (Fsp3) is 0.556. The minimum absolute atomic E-state index is 0.00373. The van der Waals surface area contributed by atoms with Crippen LogP contribution in [0.25, 0.3) is 0 Å². The van der Waals surface area contributed by atoms with Gasteiger partial charge in [-0.15, -0.1) is 5.06 Å². The van der Waals surface area contributed by atoms with Crippen molar-refractivity contribution in [1.82, 2.24) is 15.3 Å². The molecule has 5 amide bonds. The molecular formula is C18H25N3O9. The Kier molecular flexibility index (Phi) is 11.6. The van der Waals surface area contributed by atoms with Gasteiger partial charge in [-0.25, -0.2) is 4.79 Å². The maximum atomic E-state index is 11.7. The Morgan fingerprint density at radius 1 is 1.03 bits per heavy atom. The van der Waals surface area contributed by atoms with Crippen molar-refractivity contribution in [2.24, 2.45) is 0 Å². The van der Waals surface area contributed by atoms with Crippen LogP contribution >= 0.6 is 0 Å². The Morgan fingerprint density at radius 2 is 1.67 bits per heavy atom. The third kappa shape index (κ3) is 9.39. The third-order valence-electron chi connectivity index (χ3n) is 3.70. The third-order valence-corrected chi connectivity index (χ3v) is 3.70. The van der Waals surface area contributed by atoms with Crippen molar-refractivity contribution in [3.8, 4) is 0 Å². The smallest absolute Gasteiger partial charge is 0.335 e. The van der Waals surface area contributed by atoms with Gasteiger partial charge in [-0.2, -0.15) is 0 Å². The van der Waals surface area contributed by atoms with Gasteiger partial charge in [0.1, 0.15) is 0 Å². The van der Waals surface area contributed by atoms with Gasteiger partial charge in [0.2, 0.25) is 5.91 Å². The van der Waals surface area contributed by atoms with Crippen LogP contribution in [0.15, 0.2) is 12.2 Å². The molecule has 1 aliphatic rings. The molecule has 0 aromatic heterocycles. The van der Waals surface area contributed by atoms with Crippen LogP contribution in [0, 0.1) is 0 Å². The Hall–Kier alpha value is -3.12. The number of hydroxylamine groups is 2. The lowest BCUT2D eigenvalue weighted by Crippen LogP contribution is -2.35. The molecule has 166 valence electrons. The number of rotatable bonds is 14. The highest BCUT2D eigenvalue weighted by atomic mass is 16.7. The van der Waals surface area contributed by atoms with Crippen LogP contribution in [-0.2, 0) is 43.1 Å². The Labute approximate surface area is 173 Å². The number of nitrogens with zero attached hydrogens (tertiary/aromatic N) is 2. The van der Waals surface area contributed by atoms with Crippen molar-refractivity contribution >= 4 is 36.0 Å². The summed E-state index contributed by atoms with van der Waals surface area (Å²) in [7, 11) is 0. The zero-order valence-corrected chi connectivity index (χ0v) is 16.7. The van der Waals surface area contributed by atoms with Crippen LogP contribution in [-0.4, -0.2) is 85.5 Å². The number of ether oxygens (including phenoxy) is 2. The van der Waals surface area contributed by atoms with E-state index >= 15 is 0 Å². The van der Waals surface area contributed by atoms with Crippen molar-refractivity contribution in [2.45, 2.75) is 26.2 Å². The number of nitrogens with one attached hydrogen (secondary N) is 1. The van der Waals surface area contributed by atoms with Crippen LogP contribution in [0.3, 0.4) is 0 Å². The Morgan fingerprint density at radius 3 is 2.27 bits per heavy atom. The molecule has 30 heavy (non-hydrogen) atoms. The molecular weight excluding hydrogens is 402 g/mol. The van der Waals surface area contributed by atoms with Crippen molar-refractivity contribution in [3.05, 3.63) is 12.2 Å². The largest absolute Gasteiger partial charge is 0.378 e. The normalized spacial score (nSPS) is 12.8. The predicted molar refractivity (Wildman–Crippen MR) is 99.0 cm³/mol. The highest BCUT2D eigenvalue weighted by Crippen LogP contribution is 2.03. The molecule has 0 aromatic carbocycles. The quantitative estimate of drug-likeness (QED) is 0.154. The summed E-state index contributed by atoms with van der Waals surface area (Å²) in [6.07, 6.45) is 2.33. The highest BCUT2D eigenvalue weighted by Gasteiger charge is 2.23. The second-order valence-corrected chi connectivity index (χ2v) is 5.88. The van der Waals surface area contributed by atoms with Gasteiger partial charge in [0.05, 0.1) is 32.8 Å². The molecule has 12 heteroatoms. The van der Waals surface area contributed by atoms with Gasteiger partial charge in [-0.05, 0) is 0 Å². The summed E-state index contributed by atoms with van der Waals surface area (Å²) in [5, 5.41) is 2.94. The van der Waals surface area contributed by atoms with Crippen LogP contribution in [0.5, 0.6) is 0 Å². The summed E-state index contributed by atoms with van der Waals surface area (Å²) in [6.45, 7) is 2.46. The molecule has 0 unspecified atom stereocenters. The second kappa shape index (κ2) is 14.0. The first-order valence-electron chi connectivity index (χ1n) is 9.32. The summed E-state index contributed by atoms with van der Waals surface area (Å²) in [4.78, 5) is 73.3. The number of amides is 5. The highest BCUT2D eigenvalue weighted by molar-refractivity contribution is 6.13. The molecule has 0 saturated heterocycles. The van der Waals surface area contributed by atoms with Crippen molar-refractivity contribution in [2.75, 3.05) is 39.5 Å². The summed E-state index contributed by atoms with van der Waals surface area (Å²) < 4.78 is 10.4. The molecule has 1 N–H and O–H groups in total. The zero-order chi connectivity index (χ0) is 22.4. The zero-order valence-electron chi connectivity index (χ0n) is 16.7. The van der Waals surface area contributed by atoms with Crippen molar-refractivity contribution in [1.29, 1.82) is 0 Å². The number of hydrogen-bond acceptors (Lipinski definition) is 9. The van der Waals surface area contributed by atoms with Gasteiger partial charge < -0.3 is 19.6 Å². The van der Waals surface area contributed by atoms with E-state index in [-0.39, 0.29) is 71.1 Å². The first-order valence-corrected chi connectivity index (χ1v) is 9.32. The fourth-order valence-corrected chi connectivity index (χ4v) is 2.14. The van der Waals surface area contributed by atoms with E-state index in [1.807, 2.05) is 0 Å². The van der Waals surface area contributed by atoms with E-state index in [1.54, 1.807) is 0 Å². The van der Waals surface area contributed by atoms with Crippen LogP contribution in [0.1, 0.15) is 26.2 Å². The first kappa shape index (κ1) is 24.9. The lowest BCUT2D eigenvalue weighted by atomic mass is 10.3. The van der Waals surface area contributed by atoms with Crippen LogP contribution in [0.2, 0.25) is 0 Å². The summed E-state index contributed by atoms with van der Waals surface area (Å²) in [5.74, 6) is -2.58. The number of carbonyl (C=O) groups is 6. The van der Waals surface area contributed by atoms with E-state index in [2.05, 4.69) is 10.2 Å². The molecule has 0 fully saturated rings. The standard InChI is InChI=1S/C18H25N3O9/c1-2-15(24)21(13-22)30-18(27)6-9-28-11-12-29-10-7-19-14(23)5-8-20-16(25)3-4-17(20)26/h3-4,13H,2,5-12H2,1H3,(H,19,23). The first-order chi connectivity index (χ1) is 14.4. The van der Waals surface area contributed by atoms with E-state index in [4.69, 9.17) is 9.47 Å². The maximum Gasteiger partial charge on any atom is 0.335 e. The lowest BCUT2D eigenvalue weighted by molar-refractivity contribution is -0.197. The molecule has 0 saturated carbocycles. The Bertz CT molecular complexity index is 660. The SMILES string of the molecule is CCC(=O)N(C=O)OC(=O)CCOCCOCCNC(=O)CCN1C(=O)C=CC1=O. The molecule has 1 aliphatic heterocycles. The molecule has 0 aromatic rings. The van der Waals surface area contributed by atoms with Gasteiger partial charge in [-0.3, -0.25) is 28.9 Å². The fourth-order valence-electron chi connectivity index (χ4n) is 2.14. The molecule has 0 bridgehead atoms. The molecule has 1 rings (SSSR count). The molecule has 0 atom stereocenters. The lowest BCUT2D eigenvalue weighted by Gasteiger charge is -2.13. The summed E-state index contributed by atoms with van der Waals surface area (Å²) in [6, 6.07) is 0. The molecule has 12 nitrogen and oxygen atoms in total. The number of hydrogen-bond donors (Lipinski definition) is 1. The maximum absolute atomic E-state index is 11.7. The average Bonchev–Trinajstić information content (AvgIpc) is 3.05. The topological polar surface area (TPSA) is 149 Å². The van der Waals surface area contributed by atoms with Crippen LogP contribution < -0.4 is 5.32 Å². The minimum Gasteiger partial charge on any atom is -0.378 e.